The van der Waals surface area contributed by atoms with Crippen molar-refractivity contribution in [3.8, 4) is 11.1 Å². The fraction of sp³-hybridized carbons (Fsp3) is 0. The number of nitro groups is 1. The summed E-state index contributed by atoms with van der Waals surface area (Å²) in [7, 11) is -8.87. The average Bonchev–Trinajstić information content (AvgIpc) is 2.78. The highest BCUT2D eigenvalue weighted by Gasteiger charge is 2.21. The van der Waals surface area contributed by atoms with Crippen LogP contribution in [0.1, 0.15) is 0 Å². The number of benzene rings is 3. The van der Waals surface area contributed by atoms with Gasteiger partial charge in [0.1, 0.15) is 16.2 Å². The highest BCUT2D eigenvalue weighted by atomic mass is 32.2. The SMILES string of the molecule is O=c1oc2c(-c3ccccc3S(=O)(=O)O)cccc2cc1NS(=O)(=O)c1ccc([N+](=O)[O-])cc1. The molecule has 4 aromatic rings. The van der Waals surface area contributed by atoms with Gasteiger partial charge in [-0.1, -0.05) is 36.4 Å². The maximum absolute atomic E-state index is 12.7. The van der Waals surface area contributed by atoms with E-state index in [2.05, 4.69) is 4.72 Å². The van der Waals surface area contributed by atoms with E-state index in [1.165, 1.54) is 48.5 Å². The third-order valence-electron chi connectivity index (χ3n) is 4.82. The molecule has 13 heteroatoms. The highest BCUT2D eigenvalue weighted by molar-refractivity contribution is 7.92. The normalized spacial score (nSPS) is 11.9. The van der Waals surface area contributed by atoms with Crippen LogP contribution in [0, 0.1) is 10.1 Å². The molecule has 1 aromatic heterocycles. The number of hydrogen-bond acceptors (Lipinski definition) is 8. The molecule has 2 N–H and O–H groups in total. The number of sulfonamides is 1. The van der Waals surface area contributed by atoms with Crippen LogP contribution < -0.4 is 10.3 Å². The van der Waals surface area contributed by atoms with Crippen molar-refractivity contribution in [2.24, 2.45) is 0 Å². The van der Waals surface area contributed by atoms with Crippen LogP contribution in [0.15, 0.2) is 91.8 Å². The van der Waals surface area contributed by atoms with Gasteiger partial charge < -0.3 is 4.42 Å². The zero-order valence-corrected chi connectivity index (χ0v) is 18.5. The van der Waals surface area contributed by atoms with Crippen LogP contribution in [-0.4, -0.2) is 26.3 Å². The Hall–Kier alpha value is -4.07. The van der Waals surface area contributed by atoms with Gasteiger partial charge in [-0.3, -0.25) is 19.4 Å². The molecular weight excluding hydrogens is 488 g/mol. The van der Waals surface area contributed by atoms with Crippen molar-refractivity contribution in [2.45, 2.75) is 9.79 Å². The van der Waals surface area contributed by atoms with E-state index in [1.54, 1.807) is 0 Å². The topological polar surface area (TPSA) is 174 Å². The summed E-state index contributed by atoms with van der Waals surface area (Å²) in [5.74, 6) is 0. The summed E-state index contributed by atoms with van der Waals surface area (Å²) in [6.45, 7) is 0. The van der Waals surface area contributed by atoms with Crippen LogP contribution in [0.4, 0.5) is 11.4 Å². The molecular formula is C21H14N2O9S2. The fourth-order valence-electron chi connectivity index (χ4n) is 3.29. The number of nitrogens with one attached hydrogen (secondary N) is 1. The Morgan fingerprint density at radius 3 is 2.18 bits per heavy atom. The van der Waals surface area contributed by atoms with Gasteiger partial charge in [0.15, 0.2) is 0 Å². The first kappa shape index (κ1) is 23.1. The summed E-state index contributed by atoms with van der Waals surface area (Å²) >= 11 is 0. The van der Waals surface area contributed by atoms with E-state index in [1.807, 2.05) is 0 Å². The Bertz CT molecular complexity index is 1710. The van der Waals surface area contributed by atoms with Crippen molar-refractivity contribution in [3.05, 3.63) is 93.3 Å². The minimum absolute atomic E-state index is 0.0260. The van der Waals surface area contributed by atoms with Gasteiger partial charge in [0.25, 0.3) is 25.8 Å². The fourth-order valence-corrected chi connectivity index (χ4v) is 5.04. The number of anilines is 1. The van der Waals surface area contributed by atoms with E-state index in [0.29, 0.717) is 0 Å². The average molecular weight is 502 g/mol. The monoisotopic (exact) mass is 502 g/mol. The largest absolute Gasteiger partial charge is 0.421 e. The number of non-ortho nitro benzene ring substituents is 1. The van der Waals surface area contributed by atoms with Gasteiger partial charge in [-0.05, 0) is 24.3 Å². The lowest BCUT2D eigenvalue weighted by atomic mass is 10.0. The first-order valence-corrected chi connectivity index (χ1v) is 12.3. The molecule has 3 aromatic carbocycles. The number of rotatable bonds is 6. The molecule has 0 saturated heterocycles. The number of hydrogen-bond donors (Lipinski definition) is 2. The van der Waals surface area contributed by atoms with Crippen LogP contribution in [0.3, 0.4) is 0 Å². The van der Waals surface area contributed by atoms with Crippen molar-refractivity contribution in [1.82, 2.24) is 0 Å². The van der Waals surface area contributed by atoms with E-state index in [4.69, 9.17) is 4.42 Å². The molecule has 0 saturated carbocycles. The summed E-state index contributed by atoms with van der Waals surface area (Å²) in [4.78, 5) is 22.0. The molecule has 0 fully saturated rings. The molecule has 11 nitrogen and oxygen atoms in total. The number of fused-ring (bicyclic) bond motifs is 1. The summed E-state index contributed by atoms with van der Waals surface area (Å²) in [5.41, 5.74) is -1.55. The molecule has 0 unspecified atom stereocenters. The van der Waals surface area contributed by atoms with Crippen molar-refractivity contribution >= 4 is 42.5 Å². The minimum Gasteiger partial charge on any atom is -0.421 e. The second kappa shape index (κ2) is 8.37. The van der Waals surface area contributed by atoms with Gasteiger partial charge >= 0.3 is 5.63 Å². The summed E-state index contributed by atoms with van der Waals surface area (Å²) in [6.07, 6.45) is 0. The molecule has 174 valence electrons. The lowest BCUT2D eigenvalue weighted by Crippen LogP contribution is -2.18. The smallest absolute Gasteiger partial charge is 0.360 e. The molecule has 4 rings (SSSR count). The van der Waals surface area contributed by atoms with Gasteiger partial charge in [-0.2, -0.15) is 8.42 Å². The van der Waals surface area contributed by atoms with Crippen LogP contribution >= 0.6 is 0 Å². The second-order valence-electron chi connectivity index (χ2n) is 7.00. The number of nitro benzene ring substituents is 1. The van der Waals surface area contributed by atoms with Crippen LogP contribution in [-0.2, 0) is 20.1 Å². The van der Waals surface area contributed by atoms with Gasteiger partial charge in [0.2, 0.25) is 0 Å². The molecule has 1 heterocycles. The van der Waals surface area contributed by atoms with Crippen molar-refractivity contribution in [3.63, 3.8) is 0 Å². The Labute approximate surface area is 192 Å². The van der Waals surface area contributed by atoms with Crippen molar-refractivity contribution in [2.75, 3.05) is 4.72 Å². The number of para-hydroxylation sites is 1. The Balaban J connectivity index is 1.80. The van der Waals surface area contributed by atoms with Crippen LogP contribution in [0.5, 0.6) is 0 Å². The molecule has 0 aliphatic rings. The van der Waals surface area contributed by atoms with Crippen LogP contribution in [0.25, 0.3) is 22.1 Å². The highest BCUT2D eigenvalue weighted by Crippen LogP contribution is 2.33. The van der Waals surface area contributed by atoms with Crippen molar-refractivity contribution < 1.29 is 30.7 Å². The van der Waals surface area contributed by atoms with E-state index in [0.717, 1.165) is 24.3 Å². The summed E-state index contributed by atoms with van der Waals surface area (Å²) in [5, 5.41) is 11.0. The second-order valence-corrected chi connectivity index (χ2v) is 10.1. The Morgan fingerprint density at radius 2 is 1.53 bits per heavy atom. The van der Waals surface area contributed by atoms with E-state index < -0.39 is 41.3 Å². The lowest BCUT2D eigenvalue weighted by Gasteiger charge is -2.11. The summed E-state index contributed by atoms with van der Waals surface area (Å²) in [6, 6.07) is 15.4. The zero-order valence-electron chi connectivity index (χ0n) is 16.9. The van der Waals surface area contributed by atoms with Gasteiger partial charge in [-0.25, -0.2) is 13.2 Å². The molecule has 0 spiro atoms. The third-order valence-corrected chi connectivity index (χ3v) is 7.11. The minimum atomic E-state index is -4.59. The molecule has 34 heavy (non-hydrogen) atoms. The van der Waals surface area contributed by atoms with E-state index in [9.17, 15) is 36.3 Å². The first-order chi connectivity index (χ1) is 16.0. The quantitative estimate of drug-likeness (QED) is 0.173. The predicted octanol–water partition coefficient (Wildman–Crippen LogP) is 3.42. The maximum atomic E-state index is 12.7. The Kier molecular flexibility index (Phi) is 5.69. The van der Waals surface area contributed by atoms with Crippen molar-refractivity contribution in [1.29, 1.82) is 0 Å². The van der Waals surface area contributed by atoms with Gasteiger partial charge in [0, 0.05) is 28.6 Å². The van der Waals surface area contributed by atoms with Gasteiger partial charge in [0.05, 0.1) is 9.82 Å². The molecule has 0 aliphatic heterocycles. The molecule has 0 radical (unpaired) electrons. The first-order valence-electron chi connectivity index (χ1n) is 9.38. The zero-order chi connectivity index (χ0) is 24.7. The number of nitrogens with zero attached hydrogens (tertiary/aromatic N) is 1. The molecule has 0 atom stereocenters. The Morgan fingerprint density at radius 1 is 0.882 bits per heavy atom. The standard InChI is InChI=1S/C21H14N2O9S2/c24-21-18(22-33(27,28)15-10-8-14(9-11-15)23(25)26)12-13-4-3-6-17(20(13)32-21)16-5-1-2-7-19(16)34(29,30)31/h1-12,22H,(H,29,30,31). The van der Waals surface area contributed by atoms with Gasteiger partial charge in [-0.15, -0.1) is 0 Å². The molecule has 0 amide bonds. The lowest BCUT2D eigenvalue weighted by molar-refractivity contribution is -0.384. The third kappa shape index (κ3) is 4.39. The molecule has 0 bridgehead atoms. The molecule has 0 aliphatic carbocycles. The summed E-state index contributed by atoms with van der Waals surface area (Å²) < 4.78 is 65.9. The predicted molar refractivity (Wildman–Crippen MR) is 122 cm³/mol. The van der Waals surface area contributed by atoms with E-state index >= 15 is 0 Å². The van der Waals surface area contributed by atoms with E-state index in [-0.39, 0.29) is 32.7 Å². The van der Waals surface area contributed by atoms with Crippen LogP contribution in [0.2, 0.25) is 0 Å². The maximum Gasteiger partial charge on any atom is 0.360 e.